The number of para-hydroxylation sites is 1. The standard InChI is InChI=1S/C18H21BrN4O2/c1-25-16-8-3-2-7-15(16)17(24)23-9-5-4-6-14(23)12-22-18-20-10-13(19)11-21-18/h2-3,7-8,10-11,14H,4-6,9,12H2,1H3,(H,20,21,22). The third kappa shape index (κ3) is 4.28. The molecule has 1 N–H and O–H groups in total. The number of benzene rings is 1. The van der Waals surface area contributed by atoms with E-state index in [1.165, 1.54) is 0 Å². The van der Waals surface area contributed by atoms with Gasteiger partial charge in [-0.15, -0.1) is 0 Å². The molecule has 1 atom stereocenters. The van der Waals surface area contributed by atoms with Crippen LogP contribution in [0.15, 0.2) is 41.1 Å². The van der Waals surface area contributed by atoms with Crippen molar-refractivity contribution in [3.63, 3.8) is 0 Å². The number of nitrogens with zero attached hydrogens (tertiary/aromatic N) is 3. The fraction of sp³-hybridized carbons (Fsp3) is 0.389. The molecule has 0 aliphatic carbocycles. The lowest BCUT2D eigenvalue weighted by molar-refractivity contribution is 0.0625. The van der Waals surface area contributed by atoms with Crippen molar-refractivity contribution in [2.24, 2.45) is 0 Å². The second kappa shape index (κ2) is 8.29. The van der Waals surface area contributed by atoms with Crippen LogP contribution in [0, 0.1) is 0 Å². The van der Waals surface area contributed by atoms with Crippen molar-refractivity contribution < 1.29 is 9.53 Å². The van der Waals surface area contributed by atoms with Crippen LogP contribution in [0.25, 0.3) is 0 Å². The zero-order valence-corrected chi connectivity index (χ0v) is 15.7. The van der Waals surface area contributed by atoms with Gasteiger partial charge in [0.2, 0.25) is 5.95 Å². The van der Waals surface area contributed by atoms with Crippen molar-refractivity contribution in [2.75, 3.05) is 25.5 Å². The molecule has 1 aliphatic rings. The molecular weight excluding hydrogens is 384 g/mol. The molecule has 3 rings (SSSR count). The summed E-state index contributed by atoms with van der Waals surface area (Å²) in [5.74, 6) is 1.19. The highest BCUT2D eigenvalue weighted by molar-refractivity contribution is 9.10. The van der Waals surface area contributed by atoms with E-state index in [0.29, 0.717) is 23.8 Å². The number of carbonyl (C=O) groups excluding carboxylic acids is 1. The summed E-state index contributed by atoms with van der Waals surface area (Å²) >= 11 is 3.32. The number of aromatic nitrogens is 2. The van der Waals surface area contributed by atoms with Crippen molar-refractivity contribution in [2.45, 2.75) is 25.3 Å². The minimum Gasteiger partial charge on any atom is -0.496 e. The molecule has 6 nitrogen and oxygen atoms in total. The summed E-state index contributed by atoms with van der Waals surface area (Å²) in [7, 11) is 1.59. The van der Waals surface area contributed by atoms with Gasteiger partial charge in [0.25, 0.3) is 5.91 Å². The quantitative estimate of drug-likeness (QED) is 0.827. The Balaban J connectivity index is 1.71. The van der Waals surface area contributed by atoms with E-state index in [9.17, 15) is 4.79 Å². The molecule has 7 heteroatoms. The Morgan fingerprint density at radius 1 is 1.32 bits per heavy atom. The molecule has 1 fully saturated rings. The molecule has 1 saturated heterocycles. The van der Waals surface area contributed by atoms with Crippen molar-refractivity contribution in [1.82, 2.24) is 14.9 Å². The Bertz CT molecular complexity index is 723. The Labute approximate surface area is 155 Å². The van der Waals surface area contributed by atoms with Crippen LogP contribution < -0.4 is 10.1 Å². The minimum absolute atomic E-state index is 0.0145. The van der Waals surface area contributed by atoms with Gasteiger partial charge in [0.05, 0.1) is 17.1 Å². The number of anilines is 1. The normalized spacial score (nSPS) is 17.2. The van der Waals surface area contributed by atoms with Gasteiger partial charge in [0, 0.05) is 31.5 Å². The van der Waals surface area contributed by atoms with Crippen LogP contribution in [0.4, 0.5) is 5.95 Å². The van der Waals surface area contributed by atoms with Gasteiger partial charge in [-0.25, -0.2) is 9.97 Å². The highest BCUT2D eigenvalue weighted by Crippen LogP contribution is 2.24. The third-order valence-electron chi connectivity index (χ3n) is 4.34. The maximum Gasteiger partial charge on any atom is 0.257 e. The van der Waals surface area contributed by atoms with Gasteiger partial charge in [-0.1, -0.05) is 12.1 Å². The van der Waals surface area contributed by atoms with Crippen LogP contribution in [-0.2, 0) is 0 Å². The molecule has 1 unspecified atom stereocenters. The van der Waals surface area contributed by atoms with Gasteiger partial charge in [0.1, 0.15) is 5.75 Å². The van der Waals surface area contributed by atoms with Crippen molar-refractivity contribution >= 4 is 27.8 Å². The number of ether oxygens (including phenoxy) is 1. The summed E-state index contributed by atoms with van der Waals surface area (Å²) in [4.78, 5) is 23.4. The SMILES string of the molecule is COc1ccccc1C(=O)N1CCCCC1CNc1ncc(Br)cn1. The van der Waals surface area contributed by atoms with Crippen molar-refractivity contribution in [3.05, 3.63) is 46.7 Å². The molecular formula is C18H21BrN4O2. The van der Waals surface area contributed by atoms with E-state index in [1.54, 1.807) is 19.5 Å². The van der Waals surface area contributed by atoms with Gasteiger partial charge in [-0.05, 0) is 47.3 Å². The number of methoxy groups -OCH3 is 1. The number of hydrogen-bond acceptors (Lipinski definition) is 5. The highest BCUT2D eigenvalue weighted by Gasteiger charge is 2.28. The van der Waals surface area contributed by atoms with Crippen LogP contribution >= 0.6 is 15.9 Å². The van der Waals surface area contributed by atoms with Gasteiger partial charge in [0.15, 0.2) is 0 Å². The zero-order chi connectivity index (χ0) is 17.6. The summed E-state index contributed by atoms with van der Waals surface area (Å²) in [6, 6.07) is 7.48. The fourth-order valence-electron chi connectivity index (χ4n) is 3.07. The average Bonchev–Trinajstić information content (AvgIpc) is 2.67. The maximum atomic E-state index is 13.0. The minimum atomic E-state index is 0.0145. The lowest BCUT2D eigenvalue weighted by Gasteiger charge is -2.36. The van der Waals surface area contributed by atoms with E-state index in [4.69, 9.17) is 4.74 Å². The second-order valence-electron chi connectivity index (χ2n) is 5.95. The molecule has 1 amide bonds. The molecule has 1 aromatic carbocycles. The van der Waals surface area contributed by atoms with Crippen LogP contribution in [0.1, 0.15) is 29.6 Å². The first-order chi connectivity index (χ1) is 12.2. The number of rotatable bonds is 5. The Kier molecular flexibility index (Phi) is 5.86. The molecule has 2 aromatic rings. The monoisotopic (exact) mass is 404 g/mol. The van der Waals surface area contributed by atoms with Crippen LogP contribution in [-0.4, -0.2) is 47.0 Å². The number of carbonyl (C=O) groups is 1. The first-order valence-electron chi connectivity index (χ1n) is 8.34. The van der Waals surface area contributed by atoms with Gasteiger partial charge < -0.3 is 15.0 Å². The van der Waals surface area contributed by atoms with Gasteiger partial charge in [-0.2, -0.15) is 0 Å². The third-order valence-corrected chi connectivity index (χ3v) is 4.75. The Hall–Kier alpha value is -2.15. The van der Waals surface area contributed by atoms with Crippen molar-refractivity contribution in [3.8, 4) is 5.75 Å². The summed E-state index contributed by atoms with van der Waals surface area (Å²) in [6.07, 6.45) is 6.50. The van der Waals surface area contributed by atoms with E-state index in [2.05, 4.69) is 31.2 Å². The zero-order valence-electron chi connectivity index (χ0n) is 14.1. The average molecular weight is 405 g/mol. The maximum absolute atomic E-state index is 13.0. The lowest BCUT2D eigenvalue weighted by Crippen LogP contribution is -2.47. The summed E-state index contributed by atoms with van der Waals surface area (Å²) < 4.78 is 6.18. The first-order valence-corrected chi connectivity index (χ1v) is 9.13. The molecule has 0 saturated carbocycles. The molecule has 2 heterocycles. The van der Waals surface area contributed by atoms with Crippen LogP contribution in [0.3, 0.4) is 0 Å². The van der Waals surface area contributed by atoms with E-state index < -0.39 is 0 Å². The molecule has 1 aromatic heterocycles. The van der Waals surface area contributed by atoms with Gasteiger partial charge in [-0.3, -0.25) is 4.79 Å². The van der Waals surface area contributed by atoms with E-state index >= 15 is 0 Å². The number of halogens is 1. The molecule has 0 bridgehead atoms. The van der Waals surface area contributed by atoms with Crippen LogP contribution in [0.2, 0.25) is 0 Å². The second-order valence-corrected chi connectivity index (χ2v) is 6.87. The molecule has 25 heavy (non-hydrogen) atoms. The highest BCUT2D eigenvalue weighted by atomic mass is 79.9. The fourth-order valence-corrected chi connectivity index (χ4v) is 3.27. The molecule has 0 spiro atoms. The molecule has 132 valence electrons. The van der Waals surface area contributed by atoms with Gasteiger partial charge >= 0.3 is 0 Å². The van der Waals surface area contributed by atoms with E-state index in [-0.39, 0.29) is 11.9 Å². The number of likely N-dealkylation sites (tertiary alicyclic amines) is 1. The summed E-state index contributed by atoms with van der Waals surface area (Å²) in [6.45, 7) is 1.38. The van der Waals surface area contributed by atoms with Crippen LogP contribution in [0.5, 0.6) is 5.75 Å². The van der Waals surface area contributed by atoms with E-state index in [0.717, 1.165) is 30.3 Å². The Morgan fingerprint density at radius 3 is 2.84 bits per heavy atom. The largest absolute Gasteiger partial charge is 0.496 e. The smallest absolute Gasteiger partial charge is 0.257 e. The number of piperidine rings is 1. The van der Waals surface area contributed by atoms with E-state index in [1.807, 2.05) is 29.2 Å². The van der Waals surface area contributed by atoms with Crippen molar-refractivity contribution in [1.29, 1.82) is 0 Å². The first kappa shape index (κ1) is 17.7. The lowest BCUT2D eigenvalue weighted by atomic mass is 10.0. The predicted molar refractivity (Wildman–Crippen MR) is 99.9 cm³/mol. The molecule has 1 aliphatic heterocycles. The summed E-state index contributed by atoms with van der Waals surface area (Å²) in [5, 5.41) is 3.24. The number of nitrogens with one attached hydrogen (secondary N) is 1. The number of amides is 1. The topological polar surface area (TPSA) is 67.3 Å². The number of hydrogen-bond donors (Lipinski definition) is 1. The Morgan fingerprint density at radius 2 is 2.08 bits per heavy atom. The summed E-state index contributed by atoms with van der Waals surface area (Å²) in [5.41, 5.74) is 0.608. The molecule has 0 radical (unpaired) electrons. The predicted octanol–water partition coefficient (Wildman–Crippen LogP) is 3.35.